The second-order valence-corrected chi connectivity index (χ2v) is 4.94. The van der Waals surface area contributed by atoms with Crippen molar-refractivity contribution in [3.63, 3.8) is 0 Å². The molecule has 1 spiro atoms. The molecule has 2 saturated heterocycles. The molecule has 1 unspecified atom stereocenters. The average Bonchev–Trinajstić information content (AvgIpc) is 2.69. The van der Waals surface area contributed by atoms with Crippen LogP contribution in [0.1, 0.15) is 19.3 Å². The van der Waals surface area contributed by atoms with Gasteiger partial charge in [-0.1, -0.05) is 0 Å². The fourth-order valence-electron chi connectivity index (χ4n) is 2.74. The number of aliphatic hydroxyl groups is 1. The highest BCUT2D eigenvalue weighted by Crippen LogP contribution is 2.36. The van der Waals surface area contributed by atoms with E-state index in [0.29, 0.717) is 19.6 Å². The lowest BCUT2D eigenvalue weighted by atomic mass is 9.78. The van der Waals surface area contributed by atoms with Crippen molar-refractivity contribution in [2.75, 3.05) is 26.2 Å². The van der Waals surface area contributed by atoms with Crippen molar-refractivity contribution in [1.82, 2.24) is 10.2 Å². The lowest BCUT2D eigenvalue weighted by Gasteiger charge is -2.39. The van der Waals surface area contributed by atoms with Gasteiger partial charge in [0.2, 0.25) is 11.8 Å². The number of nitrogens with zero attached hydrogens (tertiary/aromatic N) is 1. The second-order valence-electron chi connectivity index (χ2n) is 4.94. The van der Waals surface area contributed by atoms with E-state index in [9.17, 15) is 9.59 Å². The Morgan fingerprint density at radius 3 is 2.94 bits per heavy atom. The number of piperidine rings is 1. The van der Waals surface area contributed by atoms with E-state index >= 15 is 0 Å². The first-order valence-electron chi connectivity index (χ1n) is 6.03. The minimum absolute atomic E-state index is 0.0487. The van der Waals surface area contributed by atoms with Crippen molar-refractivity contribution in [2.45, 2.75) is 25.3 Å². The van der Waals surface area contributed by atoms with Crippen LogP contribution in [0.4, 0.5) is 0 Å². The minimum Gasteiger partial charge on any atom is -0.394 e. The van der Waals surface area contributed by atoms with E-state index in [0.717, 1.165) is 19.3 Å². The van der Waals surface area contributed by atoms with Gasteiger partial charge in [0, 0.05) is 19.6 Å². The molecule has 2 heterocycles. The van der Waals surface area contributed by atoms with Crippen LogP contribution < -0.4 is 11.1 Å². The van der Waals surface area contributed by atoms with Crippen LogP contribution in [0.2, 0.25) is 0 Å². The summed E-state index contributed by atoms with van der Waals surface area (Å²) in [5, 5.41) is 11.7. The molecule has 0 bridgehead atoms. The van der Waals surface area contributed by atoms with Gasteiger partial charge in [0.15, 0.2) is 0 Å². The Labute approximate surface area is 100 Å². The standard InChI is InChI=1S/C11H19N3O3/c12-8(6-15)9(16)14-5-1-2-11(7-14)3-4-13-10(11)17/h8,15H,1-7,12H2,(H,13,17)/t8-,11?/m0/s1. The molecule has 2 amide bonds. The molecule has 96 valence electrons. The molecule has 0 aliphatic carbocycles. The van der Waals surface area contributed by atoms with Gasteiger partial charge in [-0.05, 0) is 19.3 Å². The van der Waals surface area contributed by atoms with Crippen molar-refractivity contribution in [1.29, 1.82) is 0 Å². The van der Waals surface area contributed by atoms with Crippen LogP contribution in [-0.2, 0) is 9.59 Å². The Morgan fingerprint density at radius 1 is 1.59 bits per heavy atom. The van der Waals surface area contributed by atoms with Crippen LogP contribution in [0.5, 0.6) is 0 Å². The van der Waals surface area contributed by atoms with Crippen molar-refractivity contribution in [3.8, 4) is 0 Å². The molecule has 6 heteroatoms. The van der Waals surface area contributed by atoms with E-state index in [4.69, 9.17) is 10.8 Å². The Morgan fingerprint density at radius 2 is 2.35 bits per heavy atom. The van der Waals surface area contributed by atoms with Gasteiger partial charge in [-0.3, -0.25) is 9.59 Å². The third kappa shape index (κ3) is 2.14. The first-order valence-corrected chi connectivity index (χ1v) is 6.03. The fourth-order valence-corrected chi connectivity index (χ4v) is 2.74. The maximum absolute atomic E-state index is 11.9. The number of nitrogens with two attached hydrogens (primary N) is 1. The monoisotopic (exact) mass is 241 g/mol. The van der Waals surface area contributed by atoms with E-state index < -0.39 is 11.5 Å². The number of rotatable bonds is 2. The molecule has 0 radical (unpaired) electrons. The van der Waals surface area contributed by atoms with Gasteiger partial charge in [0.1, 0.15) is 6.04 Å². The Hall–Kier alpha value is -1.14. The van der Waals surface area contributed by atoms with Gasteiger partial charge in [-0.25, -0.2) is 0 Å². The number of hydrogen-bond donors (Lipinski definition) is 3. The van der Waals surface area contributed by atoms with E-state index in [1.54, 1.807) is 4.90 Å². The van der Waals surface area contributed by atoms with Crippen molar-refractivity contribution in [2.24, 2.45) is 11.1 Å². The SMILES string of the molecule is N[C@@H](CO)C(=O)N1CCCC2(CCNC2=O)C1. The number of carbonyl (C=O) groups excluding carboxylic acids is 2. The molecule has 2 rings (SSSR count). The zero-order valence-corrected chi connectivity index (χ0v) is 9.82. The van der Waals surface area contributed by atoms with Crippen LogP contribution in [0.3, 0.4) is 0 Å². The van der Waals surface area contributed by atoms with Crippen LogP contribution in [0, 0.1) is 5.41 Å². The predicted molar refractivity (Wildman–Crippen MR) is 60.9 cm³/mol. The molecule has 6 nitrogen and oxygen atoms in total. The van der Waals surface area contributed by atoms with Crippen LogP contribution >= 0.6 is 0 Å². The molecule has 0 aromatic heterocycles. The summed E-state index contributed by atoms with van der Waals surface area (Å²) in [7, 11) is 0. The molecule has 2 aliphatic heterocycles. The highest BCUT2D eigenvalue weighted by Gasteiger charge is 2.46. The number of aliphatic hydroxyl groups excluding tert-OH is 1. The van der Waals surface area contributed by atoms with Crippen molar-refractivity contribution < 1.29 is 14.7 Å². The molecular formula is C11H19N3O3. The third-order valence-electron chi connectivity index (χ3n) is 3.77. The highest BCUT2D eigenvalue weighted by atomic mass is 16.3. The molecule has 2 fully saturated rings. The lowest BCUT2D eigenvalue weighted by molar-refractivity contribution is -0.140. The van der Waals surface area contributed by atoms with Crippen LogP contribution in [0.25, 0.3) is 0 Å². The smallest absolute Gasteiger partial charge is 0.241 e. The molecule has 2 atom stereocenters. The number of nitrogens with one attached hydrogen (secondary N) is 1. The normalized spacial score (nSPS) is 30.5. The second kappa shape index (κ2) is 4.62. The van der Waals surface area contributed by atoms with Gasteiger partial charge < -0.3 is 21.1 Å². The van der Waals surface area contributed by atoms with Crippen molar-refractivity contribution >= 4 is 11.8 Å². The molecule has 2 aliphatic rings. The Bertz CT molecular complexity index is 334. The molecule has 0 saturated carbocycles. The van der Waals surface area contributed by atoms with Gasteiger partial charge in [0.25, 0.3) is 0 Å². The van der Waals surface area contributed by atoms with Crippen molar-refractivity contribution in [3.05, 3.63) is 0 Å². The average molecular weight is 241 g/mol. The quantitative estimate of drug-likeness (QED) is 0.544. The lowest BCUT2D eigenvalue weighted by Crippen LogP contribution is -2.54. The first-order chi connectivity index (χ1) is 8.09. The van der Waals surface area contributed by atoms with Crippen LogP contribution in [0.15, 0.2) is 0 Å². The highest BCUT2D eigenvalue weighted by molar-refractivity contribution is 5.87. The van der Waals surface area contributed by atoms with Gasteiger partial charge in [0.05, 0.1) is 12.0 Å². The number of hydrogen-bond acceptors (Lipinski definition) is 4. The summed E-state index contributed by atoms with van der Waals surface area (Å²) in [6.45, 7) is 1.40. The predicted octanol–water partition coefficient (Wildman–Crippen LogP) is -1.57. The molecule has 0 aromatic carbocycles. The molecule has 17 heavy (non-hydrogen) atoms. The Kier molecular flexibility index (Phi) is 3.35. The van der Waals surface area contributed by atoms with E-state index in [-0.39, 0.29) is 18.4 Å². The third-order valence-corrected chi connectivity index (χ3v) is 3.77. The first kappa shape index (κ1) is 12.3. The summed E-state index contributed by atoms with van der Waals surface area (Å²) in [5.41, 5.74) is 5.11. The summed E-state index contributed by atoms with van der Waals surface area (Å²) >= 11 is 0. The Balaban J connectivity index is 2.07. The fraction of sp³-hybridized carbons (Fsp3) is 0.818. The van der Waals surface area contributed by atoms with Gasteiger partial charge in [-0.2, -0.15) is 0 Å². The summed E-state index contributed by atoms with van der Waals surface area (Å²) < 4.78 is 0. The molecular weight excluding hydrogens is 222 g/mol. The molecule has 0 aromatic rings. The van der Waals surface area contributed by atoms with E-state index in [1.807, 2.05) is 0 Å². The zero-order chi connectivity index (χ0) is 12.5. The summed E-state index contributed by atoms with van der Waals surface area (Å²) in [6, 6.07) is -0.866. The minimum atomic E-state index is -0.866. The number of amides is 2. The summed E-state index contributed by atoms with van der Waals surface area (Å²) in [5.74, 6) is -0.209. The zero-order valence-electron chi connectivity index (χ0n) is 9.82. The van der Waals surface area contributed by atoms with E-state index in [1.165, 1.54) is 0 Å². The van der Waals surface area contributed by atoms with Crippen LogP contribution in [-0.4, -0.2) is 54.1 Å². The topological polar surface area (TPSA) is 95.7 Å². The van der Waals surface area contributed by atoms with Gasteiger partial charge in [-0.15, -0.1) is 0 Å². The summed E-state index contributed by atoms with van der Waals surface area (Å²) in [4.78, 5) is 25.3. The molecule has 4 N–H and O–H groups in total. The maximum atomic E-state index is 11.9. The van der Waals surface area contributed by atoms with E-state index in [2.05, 4.69) is 5.32 Å². The number of likely N-dealkylation sites (tertiary alicyclic amines) is 1. The van der Waals surface area contributed by atoms with Gasteiger partial charge >= 0.3 is 0 Å². The summed E-state index contributed by atoms with van der Waals surface area (Å²) in [6.07, 6.45) is 2.43. The number of carbonyl (C=O) groups is 2. The largest absolute Gasteiger partial charge is 0.394 e. The maximum Gasteiger partial charge on any atom is 0.241 e.